The Hall–Kier alpha value is -1.78. The van der Waals surface area contributed by atoms with Gasteiger partial charge in [0.25, 0.3) is 5.56 Å². The first-order valence-corrected chi connectivity index (χ1v) is 5.89. The van der Waals surface area contributed by atoms with Crippen molar-refractivity contribution in [3.8, 4) is 0 Å². The van der Waals surface area contributed by atoms with E-state index >= 15 is 0 Å². The summed E-state index contributed by atoms with van der Waals surface area (Å²) in [5.74, 6) is -0.102. The van der Waals surface area contributed by atoms with Gasteiger partial charge in [0.05, 0.1) is 6.42 Å². The topological polar surface area (TPSA) is 77.8 Å². The van der Waals surface area contributed by atoms with Gasteiger partial charge in [0.1, 0.15) is 0 Å². The van der Waals surface area contributed by atoms with Crippen molar-refractivity contribution in [3.05, 3.63) is 33.8 Å². The van der Waals surface area contributed by atoms with Crippen LogP contribution in [0, 0.1) is 6.92 Å². The summed E-state index contributed by atoms with van der Waals surface area (Å²) >= 11 is 0. The first kappa shape index (κ1) is 11.7. The van der Waals surface area contributed by atoms with Gasteiger partial charge in [-0.1, -0.05) is 12.2 Å². The predicted octanol–water partition coefficient (Wildman–Crippen LogP) is 0.779. The normalized spacial score (nSPS) is 19.2. The van der Waals surface area contributed by atoms with Crippen LogP contribution in [-0.2, 0) is 11.2 Å². The first-order valence-electron chi connectivity index (χ1n) is 5.89. The van der Waals surface area contributed by atoms with Gasteiger partial charge in [-0.25, -0.2) is 0 Å². The van der Waals surface area contributed by atoms with Gasteiger partial charge in [0.15, 0.2) is 0 Å². The number of hydrogen-bond donors (Lipinski definition) is 3. The van der Waals surface area contributed by atoms with Crippen LogP contribution in [0.25, 0.3) is 0 Å². The molecule has 1 heterocycles. The van der Waals surface area contributed by atoms with E-state index in [9.17, 15) is 9.59 Å². The Balaban J connectivity index is 1.95. The third-order valence-corrected chi connectivity index (χ3v) is 3.03. The third kappa shape index (κ3) is 2.87. The molecule has 0 aliphatic heterocycles. The molecule has 1 atom stereocenters. The summed E-state index contributed by atoms with van der Waals surface area (Å²) in [5.41, 5.74) is 1.03. The van der Waals surface area contributed by atoms with Crippen molar-refractivity contribution < 1.29 is 4.79 Å². The summed E-state index contributed by atoms with van der Waals surface area (Å²) in [5, 5.41) is 8.10. The molecule has 5 nitrogen and oxygen atoms in total. The number of allylic oxidation sites excluding steroid dienone is 1. The number of rotatable bonds is 3. The van der Waals surface area contributed by atoms with E-state index in [1.54, 1.807) is 6.92 Å². The van der Waals surface area contributed by atoms with E-state index in [4.69, 9.17) is 0 Å². The molecule has 0 bridgehead atoms. The van der Waals surface area contributed by atoms with Crippen LogP contribution in [0.15, 0.2) is 16.9 Å². The van der Waals surface area contributed by atoms with E-state index in [1.165, 1.54) is 0 Å². The van der Waals surface area contributed by atoms with E-state index in [2.05, 4.69) is 21.6 Å². The summed E-state index contributed by atoms with van der Waals surface area (Å²) in [4.78, 5) is 23.2. The molecule has 5 heteroatoms. The van der Waals surface area contributed by atoms with Crippen molar-refractivity contribution in [2.45, 2.75) is 38.6 Å². The quantitative estimate of drug-likeness (QED) is 0.677. The van der Waals surface area contributed by atoms with Crippen molar-refractivity contribution in [2.75, 3.05) is 0 Å². The lowest BCUT2D eigenvalue weighted by molar-refractivity contribution is -0.120. The number of nitrogens with one attached hydrogen (secondary N) is 3. The van der Waals surface area contributed by atoms with E-state index in [0.29, 0.717) is 5.56 Å². The van der Waals surface area contributed by atoms with Gasteiger partial charge in [-0.05, 0) is 26.2 Å². The van der Waals surface area contributed by atoms with Gasteiger partial charge in [0.2, 0.25) is 5.91 Å². The lowest BCUT2D eigenvalue weighted by atomic mass is 10.0. The molecule has 0 radical (unpaired) electrons. The lowest BCUT2D eigenvalue weighted by Gasteiger charge is -2.17. The highest BCUT2D eigenvalue weighted by atomic mass is 16.2. The van der Waals surface area contributed by atoms with E-state index in [1.807, 2.05) is 6.08 Å². The zero-order valence-corrected chi connectivity index (χ0v) is 9.88. The predicted molar refractivity (Wildman–Crippen MR) is 64.8 cm³/mol. The molecular weight excluding hydrogens is 218 g/mol. The van der Waals surface area contributed by atoms with Crippen LogP contribution in [-0.4, -0.2) is 22.1 Å². The number of carbonyl (C=O) groups excluding carboxylic acids is 1. The molecular formula is C12H17N3O2. The summed E-state index contributed by atoms with van der Waals surface area (Å²) in [6.45, 7) is 1.78. The number of aromatic nitrogens is 2. The fourth-order valence-electron chi connectivity index (χ4n) is 2.04. The zero-order valence-electron chi connectivity index (χ0n) is 9.88. The number of H-pyrrole nitrogens is 2. The highest BCUT2D eigenvalue weighted by Crippen LogP contribution is 2.10. The Morgan fingerprint density at radius 2 is 2.35 bits per heavy atom. The molecule has 17 heavy (non-hydrogen) atoms. The molecule has 92 valence electrons. The van der Waals surface area contributed by atoms with Crippen molar-refractivity contribution in [1.82, 2.24) is 15.5 Å². The second-order valence-electron chi connectivity index (χ2n) is 4.39. The largest absolute Gasteiger partial charge is 0.350 e. The first-order chi connectivity index (χ1) is 8.16. The van der Waals surface area contributed by atoms with Crippen LogP contribution in [0.3, 0.4) is 0 Å². The molecule has 1 aromatic rings. The Labute approximate surface area is 99.3 Å². The molecule has 0 fully saturated rings. The monoisotopic (exact) mass is 235 g/mol. The van der Waals surface area contributed by atoms with Crippen molar-refractivity contribution in [3.63, 3.8) is 0 Å². The minimum atomic E-state index is -0.211. The molecule has 0 aromatic carbocycles. The average Bonchev–Trinajstić information content (AvgIpc) is 2.62. The summed E-state index contributed by atoms with van der Waals surface area (Å²) in [6.07, 6.45) is 7.41. The van der Waals surface area contributed by atoms with Crippen LogP contribution >= 0.6 is 0 Å². The van der Waals surface area contributed by atoms with Crippen LogP contribution in [0.5, 0.6) is 0 Å². The second-order valence-corrected chi connectivity index (χ2v) is 4.39. The minimum absolute atomic E-state index is 0.102. The smallest absolute Gasteiger partial charge is 0.267 e. The molecule has 1 aromatic heterocycles. The van der Waals surface area contributed by atoms with E-state index in [0.717, 1.165) is 25.0 Å². The maximum atomic E-state index is 11.8. The van der Waals surface area contributed by atoms with Crippen LogP contribution in [0.2, 0.25) is 0 Å². The summed E-state index contributed by atoms with van der Waals surface area (Å²) in [7, 11) is 0. The maximum Gasteiger partial charge on any atom is 0.267 e. The van der Waals surface area contributed by atoms with Gasteiger partial charge >= 0.3 is 0 Å². The van der Waals surface area contributed by atoms with E-state index < -0.39 is 0 Å². The van der Waals surface area contributed by atoms with Crippen LogP contribution in [0.4, 0.5) is 0 Å². The molecule has 1 amide bonds. The van der Waals surface area contributed by atoms with Crippen LogP contribution in [0.1, 0.15) is 30.5 Å². The highest BCUT2D eigenvalue weighted by Gasteiger charge is 2.15. The Morgan fingerprint density at radius 3 is 2.94 bits per heavy atom. The van der Waals surface area contributed by atoms with Gasteiger partial charge < -0.3 is 10.4 Å². The Morgan fingerprint density at radius 1 is 1.53 bits per heavy atom. The lowest BCUT2D eigenvalue weighted by Crippen LogP contribution is -2.36. The molecule has 1 aliphatic carbocycles. The molecule has 1 unspecified atom stereocenters. The molecule has 1 aliphatic rings. The number of carbonyl (C=O) groups is 1. The number of hydrogen-bond acceptors (Lipinski definition) is 2. The minimum Gasteiger partial charge on any atom is -0.350 e. The second kappa shape index (κ2) is 5.03. The molecule has 0 saturated carbocycles. The van der Waals surface area contributed by atoms with Crippen molar-refractivity contribution >= 4 is 5.91 Å². The molecule has 2 rings (SSSR count). The molecule has 0 saturated heterocycles. The molecule has 0 spiro atoms. The fourth-order valence-corrected chi connectivity index (χ4v) is 2.04. The SMILES string of the molecule is Cc1[nH][nH]c(=O)c1CC(=O)NC1C=CCCC1. The number of aromatic amines is 2. The number of aryl methyl sites for hydroxylation is 1. The van der Waals surface area contributed by atoms with Gasteiger partial charge in [-0.3, -0.25) is 14.7 Å². The van der Waals surface area contributed by atoms with Crippen LogP contribution < -0.4 is 10.9 Å². The van der Waals surface area contributed by atoms with Gasteiger partial charge in [-0.15, -0.1) is 0 Å². The summed E-state index contributed by atoms with van der Waals surface area (Å²) in [6, 6.07) is 0.120. The average molecular weight is 235 g/mol. The fraction of sp³-hybridized carbons (Fsp3) is 0.500. The Bertz CT molecular complexity index is 484. The van der Waals surface area contributed by atoms with E-state index in [-0.39, 0.29) is 23.9 Å². The van der Waals surface area contributed by atoms with Crippen molar-refractivity contribution in [1.29, 1.82) is 0 Å². The van der Waals surface area contributed by atoms with Crippen molar-refractivity contribution in [2.24, 2.45) is 0 Å². The third-order valence-electron chi connectivity index (χ3n) is 3.03. The zero-order chi connectivity index (χ0) is 12.3. The maximum absolute atomic E-state index is 11.8. The highest BCUT2D eigenvalue weighted by molar-refractivity contribution is 5.79. The van der Waals surface area contributed by atoms with Gasteiger partial charge in [-0.2, -0.15) is 0 Å². The summed E-state index contributed by atoms with van der Waals surface area (Å²) < 4.78 is 0. The molecule has 3 N–H and O–H groups in total. The standard InChI is InChI=1S/C12H17N3O2/c1-8-10(12(17)15-14-8)7-11(16)13-9-5-3-2-4-6-9/h3,5,9H,2,4,6-7H2,1H3,(H,13,16)(H2,14,15,17). The number of amides is 1. The van der Waals surface area contributed by atoms with Gasteiger partial charge in [0, 0.05) is 17.3 Å². The Kier molecular flexibility index (Phi) is 3.46.